The molecule has 20 heavy (non-hydrogen) atoms. The third-order valence-corrected chi connectivity index (χ3v) is 5.73. The van der Waals surface area contributed by atoms with Gasteiger partial charge in [0.15, 0.2) is 0 Å². The number of carbonyl (C=O) groups is 1. The summed E-state index contributed by atoms with van der Waals surface area (Å²) in [5, 5.41) is 0. The Balaban J connectivity index is 2.32. The maximum atomic E-state index is 12.9. The highest BCUT2D eigenvalue weighted by molar-refractivity contribution is 14.1. The third kappa shape index (κ3) is 1.91. The minimum Gasteiger partial charge on any atom is -0.314 e. The Bertz CT molecular complexity index is 671. The molecule has 3 rings (SSSR count). The van der Waals surface area contributed by atoms with Gasteiger partial charge in [0.2, 0.25) is 5.91 Å². The van der Waals surface area contributed by atoms with Crippen LogP contribution in [0.1, 0.15) is 11.1 Å². The van der Waals surface area contributed by atoms with Crippen molar-refractivity contribution in [2.24, 2.45) is 0 Å². The number of hydrogen-bond donors (Lipinski definition) is 0. The Hall–Kier alpha value is -0.630. The average Bonchev–Trinajstić information content (AvgIpc) is 2.69. The van der Waals surface area contributed by atoms with Crippen LogP contribution >= 0.6 is 45.2 Å². The minimum atomic E-state index is -0.549. The van der Waals surface area contributed by atoms with Crippen LogP contribution in [-0.4, -0.2) is 17.4 Å². The van der Waals surface area contributed by atoms with Crippen molar-refractivity contribution in [2.75, 3.05) is 16.4 Å². The topological polar surface area (TPSA) is 20.3 Å². The van der Waals surface area contributed by atoms with Crippen LogP contribution < -0.4 is 4.90 Å². The summed E-state index contributed by atoms with van der Waals surface area (Å²) in [7, 11) is 1.87. The van der Waals surface area contributed by atoms with Gasteiger partial charge in [-0.15, -0.1) is 0 Å². The number of fused-ring (bicyclic) bond motifs is 1. The first-order valence-electron chi connectivity index (χ1n) is 6.31. The molecule has 1 heterocycles. The van der Waals surface area contributed by atoms with E-state index in [0.717, 1.165) is 24.8 Å². The highest BCUT2D eigenvalue weighted by atomic mass is 127. The first-order valence-corrected chi connectivity index (χ1v) is 8.91. The molecule has 0 saturated carbocycles. The number of alkyl halides is 1. The lowest BCUT2D eigenvalue weighted by molar-refractivity contribution is -0.120. The summed E-state index contributed by atoms with van der Waals surface area (Å²) in [6, 6.07) is 16.3. The number of halogens is 2. The Morgan fingerprint density at radius 3 is 2.50 bits per heavy atom. The summed E-state index contributed by atoms with van der Waals surface area (Å²) in [6.07, 6.45) is 0. The first-order chi connectivity index (χ1) is 9.61. The lowest BCUT2D eigenvalue weighted by Crippen LogP contribution is -2.41. The molecule has 2 aromatic rings. The molecule has 0 aliphatic carbocycles. The summed E-state index contributed by atoms with van der Waals surface area (Å²) in [4.78, 5) is 14.7. The minimum absolute atomic E-state index is 0.162. The van der Waals surface area contributed by atoms with E-state index in [4.69, 9.17) is 0 Å². The lowest BCUT2D eigenvalue weighted by Gasteiger charge is -2.26. The second-order valence-electron chi connectivity index (χ2n) is 4.93. The molecular formula is C16H13I2NO. The van der Waals surface area contributed by atoms with Gasteiger partial charge >= 0.3 is 0 Å². The zero-order valence-corrected chi connectivity index (χ0v) is 15.3. The molecule has 1 aliphatic rings. The van der Waals surface area contributed by atoms with E-state index in [1.165, 1.54) is 0 Å². The molecule has 0 saturated heterocycles. The fraction of sp³-hybridized carbons (Fsp3) is 0.188. The van der Waals surface area contributed by atoms with Crippen LogP contribution in [0, 0.1) is 3.57 Å². The molecule has 1 atom stereocenters. The van der Waals surface area contributed by atoms with E-state index in [9.17, 15) is 4.79 Å². The number of anilines is 1. The standard InChI is InChI=1S/C16H13I2NO/c1-19-14-8-7-12(18)9-13(14)16(10-17,15(19)20)11-5-3-2-4-6-11/h2-9H,10H2,1H3. The number of hydrogen-bond acceptors (Lipinski definition) is 1. The molecule has 1 aliphatic heterocycles. The molecule has 1 unspecified atom stereocenters. The molecule has 0 spiro atoms. The Morgan fingerprint density at radius 1 is 1.15 bits per heavy atom. The van der Waals surface area contributed by atoms with Crippen molar-refractivity contribution >= 4 is 56.8 Å². The van der Waals surface area contributed by atoms with Crippen LogP contribution in [0.15, 0.2) is 48.5 Å². The van der Waals surface area contributed by atoms with Crippen LogP contribution in [0.2, 0.25) is 0 Å². The Kier molecular flexibility index (Phi) is 3.79. The van der Waals surface area contributed by atoms with Crippen molar-refractivity contribution in [1.29, 1.82) is 0 Å². The molecular weight excluding hydrogens is 476 g/mol. The number of nitrogens with zero attached hydrogens (tertiary/aromatic N) is 1. The van der Waals surface area contributed by atoms with Gasteiger partial charge in [0.05, 0.1) is 0 Å². The number of amides is 1. The fourth-order valence-corrected chi connectivity index (χ4v) is 4.53. The van der Waals surface area contributed by atoms with Crippen molar-refractivity contribution in [3.8, 4) is 0 Å². The van der Waals surface area contributed by atoms with E-state index in [1.807, 2.05) is 31.3 Å². The first kappa shape index (κ1) is 14.3. The van der Waals surface area contributed by atoms with Gasteiger partial charge in [-0.25, -0.2) is 0 Å². The van der Waals surface area contributed by atoms with Gasteiger partial charge in [0.1, 0.15) is 5.41 Å². The molecule has 0 bridgehead atoms. The summed E-state index contributed by atoms with van der Waals surface area (Å²) in [5.41, 5.74) is 2.67. The number of carbonyl (C=O) groups excluding carboxylic acids is 1. The SMILES string of the molecule is CN1C(=O)C(CI)(c2ccccc2)c2cc(I)ccc21. The van der Waals surface area contributed by atoms with Crippen molar-refractivity contribution < 1.29 is 4.79 Å². The number of benzene rings is 2. The number of likely N-dealkylation sites (N-methyl/N-ethyl adjacent to an activating group) is 1. The molecule has 2 aromatic carbocycles. The van der Waals surface area contributed by atoms with E-state index in [-0.39, 0.29) is 5.91 Å². The quantitative estimate of drug-likeness (QED) is 0.462. The summed E-state index contributed by atoms with van der Waals surface area (Å²) < 4.78 is 1.90. The maximum Gasteiger partial charge on any atom is 0.242 e. The van der Waals surface area contributed by atoms with Gasteiger partial charge in [-0.2, -0.15) is 0 Å². The second kappa shape index (κ2) is 5.29. The van der Waals surface area contributed by atoms with Gasteiger partial charge in [0.25, 0.3) is 0 Å². The van der Waals surface area contributed by atoms with Crippen LogP contribution in [0.25, 0.3) is 0 Å². The zero-order valence-electron chi connectivity index (χ0n) is 10.9. The van der Waals surface area contributed by atoms with Crippen molar-refractivity contribution in [2.45, 2.75) is 5.41 Å². The molecule has 1 amide bonds. The van der Waals surface area contributed by atoms with Gasteiger partial charge in [0, 0.05) is 20.7 Å². The predicted octanol–water partition coefficient (Wildman–Crippen LogP) is 3.99. The summed E-state index contributed by atoms with van der Waals surface area (Å²) in [5.74, 6) is 0.162. The normalized spacial score (nSPS) is 21.1. The van der Waals surface area contributed by atoms with E-state index in [2.05, 4.69) is 69.4 Å². The lowest BCUT2D eigenvalue weighted by atomic mass is 9.77. The Morgan fingerprint density at radius 2 is 1.85 bits per heavy atom. The maximum absolute atomic E-state index is 12.9. The van der Waals surface area contributed by atoms with Gasteiger partial charge in [-0.1, -0.05) is 52.9 Å². The smallest absolute Gasteiger partial charge is 0.242 e. The monoisotopic (exact) mass is 489 g/mol. The fourth-order valence-electron chi connectivity index (χ4n) is 2.86. The molecule has 2 nitrogen and oxygen atoms in total. The van der Waals surface area contributed by atoms with E-state index >= 15 is 0 Å². The average molecular weight is 489 g/mol. The summed E-state index contributed by atoms with van der Waals surface area (Å²) in [6.45, 7) is 0. The molecule has 0 aromatic heterocycles. The molecule has 0 fully saturated rings. The Labute approximate surface area is 145 Å². The highest BCUT2D eigenvalue weighted by Crippen LogP contribution is 2.47. The van der Waals surface area contributed by atoms with Crippen LogP contribution in [0.3, 0.4) is 0 Å². The number of rotatable bonds is 2. The molecule has 4 heteroatoms. The van der Waals surface area contributed by atoms with E-state index < -0.39 is 5.41 Å². The highest BCUT2D eigenvalue weighted by Gasteiger charge is 2.50. The zero-order chi connectivity index (χ0) is 14.3. The molecule has 102 valence electrons. The van der Waals surface area contributed by atoms with Crippen LogP contribution in [0.5, 0.6) is 0 Å². The third-order valence-electron chi connectivity index (χ3n) is 3.92. The van der Waals surface area contributed by atoms with E-state index in [0.29, 0.717) is 0 Å². The van der Waals surface area contributed by atoms with Crippen LogP contribution in [-0.2, 0) is 10.2 Å². The van der Waals surface area contributed by atoms with Gasteiger partial charge in [-0.3, -0.25) is 4.79 Å². The van der Waals surface area contributed by atoms with Gasteiger partial charge in [-0.05, 0) is 51.9 Å². The molecule has 0 N–H and O–H groups in total. The largest absolute Gasteiger partial charge is 0.314 e. The summed E-state index contributed by atoms with van der Waals surface area (Å²) >= 11 is 4.64. The van der Waals surface area contributed by atoms with Crippen molar-refractivity contribution in [1.82, 2.24) is 0 Å². The van der Waals surface area contributed by atoms with Gasteiger partial charge < -0.3 is 4.90 Å². The van der Waals surface area contributed by atoms with Crippen LogP contribution in [0.4, 0.5) is 5.69 Å². The molecule has 0 radical (unpaired) electrons. The van der Waals surface area contributed by atoms with E-state index in [1.54, 1.807) is 4.90 Å². The van der Waals surface area contributed by atoms with Crippen molar-refractivity contribution in [3.63, 3.8) is 0 Å². The predicted molar refractivity (Wildman–Crippen MR) is 98.7 cm³/mol. The van der Waals surface area contributed by atoms with Crippen molar-refractivity contribution in [3.05, 3.63) is 63.2 Å². The second-order valence-corrected chi connectivity index (χ2v) is 6.94.